The monoisotopic (exact) mass is 201 g/mol. The van der Waals surface area contributed by atoms with E-state index >= 15 is 0 Å². The molecule has 1 aliphatic carbocycles. The van der Waals surface area contributed by atoms with Crippen molar-refractivity contribution in [2.45, 2.75) is 51.4 Å². The molecule has 0 aromatic carbocycles. The molecular formula is C10H19NO3. The standard InChI is InChI=1S/C10H19NO3/c1-10(2,3)14-9(13)11(4)7-5-8(12)6-7/h7-8,12H,5-6H2,1-4H3. The second kappa shape index (κ2) is 3.77. The Morgan fingerprint density at radius 3 is 2.29 bits per heavy atom. The number of amides is 1. The van der Waals surface area contributed by atoms with Crippen molar-refractivity contribution in [3.8, 4) is 0 Å². The van der Waals surface area contributed by atoms with Gasteiger partial charge in [0, 0.05) is 13.1 Å². The van der Waals surface area contributed by atoms with E-state index in [0.717, 1.165) is 0 Å². The largest absolute Gasteiger partial charge is 0.444 e. The van der Waals surface area contributed by atoms with Gasteiger partial charge in [0.25, 0.3) is 0 Å². The van der Waals surface area contributed by atoms with Crippen molar-refractivity contribution in [3.05, 3.63) is 0 Å². The lowest BCUT2D eigenvalue weighted by molar-refractivity contribution is -0.0157. The van der Waals surface area contributed by atoms with Gasteiger partial charge in [0.15, 0.2) is 0 Å². The number of hydrogen-bond acceptors (Lipinski definition) is 3. The van der Waals surface area contributed by atoms with Gasteiger partial charge >= 0.3 is 6.09 Å². The van der Waals surface area contributed by atoms with Crippen LogP contribution in [0.4, 0.5) is 4.79 Å². The van der Waals surface area contributed by atoms with Gasteiger partial charge in [0.05, 0.1) is 6.10 Å². The van der Waals surface area contributed by atoms with E-state index in [1.54, 1.807) is 11.9 Å². The van der Waals surface area contributed by atoms with Gasteiger partial charge in [-0.25, -0.2) is 4.79 Å². The van der Waals surface area contributed by atoms with Gasteiger partial charge < -0.3 is 14.7 Å². The molecule has 0 saturated heterocycles. The first-order valence-electron chi connectivity index (χ1n) is 4.93. The van der Waals surface area contributed by atoms with Gasteiger partial charge in [-0.1, -0.05) is 0 Å². The van der Waals surface area contributed by atoms with Crippen molar-refractivity contribution in [1.29, 1.82) is 0 Å². The van der Waals surface area contributed by atoms with Crippen LogP contribution in [-0.2, 0) is 4.74 Å². The Bertz CT molecular complexity index is 216. The highest BCUT2D eigenvalue weighted by molar-refractivity contribution is 5.68. The molecule has 0 unspecified atom stereocenters. The SMILES string of the molecule is CN(C(=O)OC(C)(C)C)C1CC(O)C1. The Morgan fingerprint density at radius 2 is 1.93 bits per heavy atom. The fourth-order valence-corrected chi connectivity index (χ4v) is 1.36. The molecule has 0 aliphatic heterocycles. The summed E-state index contributed by atoms with van der Waals surface area (Å²) in [7, 11) is 1.71. The molecule has 1 rings (SSSR count). The van der Waals surface area contributed by atoms with Gasteiger partial charge in [-0.05, 0) is 33.6 Å². The van der Waals surface area contributed by atoms with Gasteiger partial charge in [0.2, 0.25) is 0 Å². The number of nitrogens with zero attached hydrogens (tertiary/aromatic N) is 1. The number of rotatable bonds is 1. The van der Waals surface area contributed by atoms with E-state index in [1.165, 1.54) is 0 Å². The maximum atomic E-state index is 11.5. The first-order valence-corrected chi connectivity index (χ1v) is 4.93. The number of carbonyl (C=O) groups is 1. The van der Waals surface area contributed by atoms with Crippen LogP contribution in [0.3, 0.4) is 0 Å². The van der Waals surface area contributed by atoms with E-state index in [0.29, 0.717) is 12.8 Å². The predicted molar refractivity (Wildman–Crippen MR) is 53.0 cm³/mol. The van der Waals surface area contributed by atoms with E-state index < -0.39 is 5.60 Å². The summed E-state index contributed by atoms with van der Waals surface area (Å²) in [6.45, 7) is 5.52. The van der Waals surface area contributed by atoms with Crippen molar-refractivity contribution in [3.63, 3.8) is 0 Å². The Kier molecular flexibility index (Phi) is 3.04. The minimum Gasteiger partial charge on any atom is -0.444 e. The molecule has 0 radical (unpaired) electrons. The summed E-state index contributed by atoms with van der Waals surface area (Å²) in [6, 6.07) is 0.139. The smallest absolute Gasteiger partial charge is 0.410 e. The van der Waals surface area contributed by atoms with Crippen molar-refractivity contribution < 1.29 is 14.6 Å². The van der Waals surface area contributed by atoms with E-state index in [1.807, 2.05) is 20.8 Å². The van der Waals surface area contributed by atoms with Crippen LogP contribution in [0, 0.1) is 0 Å². The molecule has 0 spiro atoms. The van der Waals surface area contributed by atoms with Crippen LogP contribution in [-0.4, -0.2) is 40.9 Å². The van der Waals surface area contributed by atoms with Crippen LogP contribution in [0.25, 0.3) is 0 Å². The average Bonchev–Trinajstić information content (AvgIpc) is 1.94. The molecule has 1 amide bonds. The fourth-order valence-electron chi connectivity index (χ4n) is 1.36. The summed E-state index contributed by atoms with van der Waals surface area (Å²) in [4.78, 5) is 13.1. The molecule has 1 N–H and O–H groups in total. The molecule has 4 heteroatoms. The number of ether oxygens (including phenoxy) is 1. The molecular weight excluding hydrogens is 182 g/mol. The topological polar surface area (TPSA) is 49.8 Å². The van der Waals surface area contributed by atoms with Crippen LogP contribution in [0.2, 0.25) is 0 Å². The van der Waals surface area contributed by atoms with Crippen molar-refractivity contribution >= 4 is 6.09 Å². The van der Waals surface area contributed by atoms with Crippen LogP contribution in [0.15, 0.2) is 0 Å². The zero-order chi connectivity index (χ0) is 10.9. The van der Waals surface area contributed by atoms with Gasteiger partial charge in [-0.2, -0.15) is 0 Å². The number of aliphatic hydroxyl groups is 1. The van der Waals surface area contributed by atoms with Crippen molar-refractivity contribution in [2.24, 2.45) is 0 Å². The molecule has 0 aromatic rings. The minimum absolute atomic E-state index is 0.139. The minimum atomic E-state index is -0.451. The Labute approximate surface area is 84.8 Å². The zero-order valence-corrected chi connectivity index (χ0v) is 9.28. The Morgan fingerprint density at radius 1 is 1.43 bits per heavy atom. The normalized spacial score (nSPS) is 26.6. The Hall–Kier alpha value is -0.770. The highest BCUT2D eigenvalue weighted by atomic mass is 16.6. The highest BCUT2D eigenvalue weighted by Crippen LogP contribution is 2.25. The van der Waals surface area contributed by atoms with Gasteiger partial charge in [0.1, 0.15) is 5.60 Å². The lowest BCUT2D eigenvalue weighted by Gasteiger charge is -2.38. The average molecular weight is 201 g/mol. The lowest BCUT2D eigenvalue weighted by Crippen LogP contribution is -2.49. The second-order valence-corrected chi connectivity index (χ2v) is 4.87. The maximum Gasteiger partial charge on any atom is 0.410 e. The number of carbonyl (C=O) groups excluding carboxylic acids is 1. The van der Waals surface area contributed by atoms with E-state index in [4.69, 9.17) is 9.84 Å². The molecule has 0 aromatic heterocycles. The molecule has 1 fully saturated rings. The number of hydrogen-bond donors (Lipinski definition) is 1. The van der Waals surface area contributed by atoms with Crippen molar-refractivity contribution in [2.75, 3.05) is 7.05 Å². The molecule has 0 bridgehead atoms. The van der Waals surface area contributed by atoms with Crippen LogP contribution >= 0.6 is 0 Å². The van der Waals surface area contributed by atoms with E-state index in [9.17, 15) is 4.79 Å². The third kappa shape index (κ3) is 2.87. The molecule has 82 valence electrons. The van der Waals surface area contributed by atoms with E-state index in [2.05, 4.69) is 0 Å². The second-order valence-electron chi connectivity index (χ2n) is 4.87. The van der Waals surface area contributed by atoms with Crippen LogP contribution < -0.4 is 0 Å². The predicted octanol–water partition coefficient (Wildman–Crippen LogP) is 1.38. The summed E-state index contributed by atoms with van der Waals surface area (Å²) >= 11 is 0. The number of aliphatic hydroxyl groups excluding tert-OH is 1. The summed E-state index contributed by atoms with van der Waals surface area (Å²) in [5.74, 6) is 0. The summed E-state index contributed by atoms with van der Waals surface area (Å²) < 4.78 is 5.20. The van der Waals surface area contributed by atoms with Gasteiger partial charge in [-0.15, -0.1) is 0 Å². The van der Waals surface area contributed by atoms with E-state index in [-0.39, 0.29) is 18.2 Å². The molecule has 0 atom stereocenters. The molecule has 0 heterocycles. The Balaban J connectivity index is 2.38. The lowest BCUT2D eigenvalue weighted by atomic mass is 9.89. The highest BCUT2D eigenvalue weighted by Gasteiger charge is 2.34. The molecule has 1 aliphatic rings. The first-order chi connectivity index (χ1) is 6.29. The zero-order valence-electron chi connectivity index (χ0n) is 9.28. The van der Waals surface area contributed by atoms with Crippen molar-refractivity contribution in [1.82, 2.24) is 4.90 Å². The molecule has 4 nitrogen and oxygen atoms in total. The fraction of sp³-hybridized carbons (Fsp3) is 0.900. The third-order valence-corrected chi connectivity index (χ3v) is 2.32. The van der Waals surface area contributed by atoms with Crippen LogP contribution in [0.5, 0.6) is 0 Å². The summed E-state index contributed by atoms with van der Waals surface area (Å²) in [5.41, 5.74) is -0.451. The van der Waals surface area contributed by atoms with Gasteiger partial charge in [-0.3, -0.25) is 0 Å². The molecule has 1 saturated carbocycles. The first kappa shape index (κ1) is 11.3. The third-order valence-electron chi connectivity index (χ3n) is 2.32. The maximum absolute atomic E-state index is 11.5. The summed E-state index contributed by atoms with van der Waals surface area (Å²) in [5, 5.41) is 9.10. The molecule has 14 heavy (non-hydrogen) atoms. The quantitative estimate of drug-likeness (QED) is 0.697. The summed E-state index contributed by atoms with van der Waals surface area (Å²) in [6.07, 6.45) is 0.769. The van der Waals surface area contributed by atoms with Crippen LogP contribution in [0.1, 0.15) is 33.6 Å².